The van der Waals surface area contributed by atoms with Crippen LogP contribution < -0.4 is 20.7 Å². The third kappa shape index (κ3) is 5.87. The maximum Gasteiger partial charge on any atom is 0.179 e. The van der Waals surface area contributed by atoms with Crippen molar-refractivity contribution in [2.45, 2.75) is 11.8 Å². The molecule has 18 rings (SSSR count). The van der Waals surface area contributed by atoms with Crippen LogP contribution in [0.5, 0.6) is 0 Å². The first-order valence-corrected chi connectivity index (χ1v) is 29.3. The van der Waals surface area contributed by atoms with Crippen LogP contribution >= 0.6 is 0 Å². The minimum atomic E-state index is -2.82. The third-order valence-corrected chi connectivity index (χ3v) is 22.5. The normalized spacial score (nSPS) is 14.7. The van der Waals surface area contributed by atoms with Crippen molar-refractivity contribution in [2.24, 2.45) is 0 Å². The number of para-hydroxylation sites is 4. The number of hydrogen-bond donors (Lipinski definition) is 0. The first-order chi connectivity index (χ1) is 38.8. The van der Waals surface area contributed by atoms with Crippen LogP contribution in [-0.2, 0) is 0 Å². The number of fused-ring (bicyclic) bond motifs is 9. The second kappa shape index (κ2) is 16.6. The van der Waals surface area contributed by atoms with Crippen molar-refractivity contribution in [3.05, 3.63) is 318 Å². The van der Waals surface area contributed by atoms with Gasteiger partial charge in [0.25, 0.3) is 0 Å². The van der Waals surface area contributed by atoms with Gasteiger partial charge in [0.05, 0.1) is 33.1 Å². The molecule has 78 heavy (non-hydrogen) atoms. The molecule has 2 bridgehead atoms. The number of hydrogen-bond acceptors (Lipinski definition) is 0. The predicted molar refractivity (Wildman–Crippen MR) is 328 cm³/mol. The van der Waals surface area contributed by atoms with E-state index in [1.54, 1.807) is 0 Å². The lowest BCUT2D eigenvalue weighted by atomic mass is 9.59. The Hall–Kier alpha value is -9.74. The van der Waals surface area contributed by atoms with Gasteiger partial charge >= 0.3 is 0 Å². The predicted octanol–water partition coefficient (Wildman–Crippen LogP) is 15.3. The van der Waals surface area contributed by atoms with Gasteiger partial charge in [0, 0.05) is 61.2 Å². The first-order valence-electron chi connectivity index (χ1n) is 27.3. The minimum absolute atomic E-state index is 0.00619. The van der Waals surface area contributed by atoms with Crippen LogP contribution in [0.25, 0.3) is 82.5 Å². The molecule has 364 valence electrons. The Morgan fingerprint density at radius 3 is 1.05 bits per heavy atom. The number of rotatable bonds is 7. The van der Waals surface area contributed by atoms with Gasteiger partial charge in [0.15, 0.2) is 8.07 Å². The Bertz CT molecular complexity index is 4780. The zero-order valence-electron chi connectivity index (χ0n) is 42.6. The molecule has 0 spiro atoms. The summed E-state index contributed by atoms with van der Waals surface area (Å²) in [7, 11) is -2.82. The van der Waals surface area contributed by atoms with E-state index in [1.807, 2.05) is 0 Å². The van der Waals surface area contributed by atoms with E-state index in [2.05, 4.69) is 299 Å². The summed E-state index contributed by atoms with van der Waals surface area (Å²) in [5, 5.41) is 13.3. The molecule has 12 aromatic carbocycles. The van der Waals surface area contributed by atoms with Crippen LogP contribution in [0, 0.1) is 0 Å². The average molecular weight is 1010 g/mol. The maximum absolute atomic E-state index is 2.82. The summed E-state index contributed by atoms with van der Waals surface area (Å²) < 4.78 is 7.53. The molecule has 3 aliphatic carbocycles. The second-order valence-electron chi connectivity index (χ2n) is 21.4. The lowest BCUT2D eigenvalue weighted by Gasteiger charge is -2.43. The Labute approximate surface area is 452 Å². The third-order valence-electron chi connectivity index (χ3n) is 17.7. The molecular formula is C74H49N3Si. The van der Waals surface area contributed by atoms with Gasteiger partial charge in [-0.15, -0.1) is 0 Å². The molecule has 3 aromatic heterocycles. The van der Waals surface area contributed by atoms with Crippen LogP contribution in [0.15, 0.2) is 285 Å². The fraction of sp³-hybridized carbons (Fsp3) is 0.0270. The summed E-state index contributed by atoms with van der Waals surface area (Å²) in [6, 6.07) is 108. The van der Waals surface area contributed by atoms with Crippen molar-refractivity contribution in [3.63, 3.8) is 0 Å². The largest absolute Gasteiger partial charge is 0.309 e. The van der Waals surface area contributed by atoms with Crippen LogP contribution in [0.1, 0.15) is 45.2 Å². The smallest absolute Gasteiger partial charge is 0.179 e. The fourth-order valence-corrected chi connectivity index (χ4v) is 19.6. The first kappa shape index (κ1) is 43.5. The van der Waals surface area contributed by atoms with Crippen molar-refractivity contribution in [3.8, 4) is 17.1 Å². The van der Waals surface area contributed by atoms with Crippen LogP contribution in [-0.4, -0.2) is 21.8 Å². The molecule has 0 fully saturated rings. The Morgan fingerprint density at radius 2 is 0.577 bits per heavy atom. The zero-order valence-corrected chi connectivity index (χ0v) is 43.6. The van der Waals surface area contributed by atoms with Crippen molar-refractivity contribution in [1.82, 2.24) is 13.7 Å². The van der Waals surface area contributed by atoms with E-state index in [1.165, 1.54) is 125 Å². The van der Waals surface area contributed by atoms with Crippen molar-refractivity contribution < 1.29 is 0 Å². The van der Waals surface area contributed by atoms with Gasteiger partial charge in [0.2, 0.25) is 0 Å². The van der Waals surface area contributed by atoms with Gasteiger partial charge in [-0.3, -0.25) is 0 Å². The molecule has 0 N–H and O–H groups in total. The van der Waals surface area contributed by atoms with Gasteiger partial charge in [0.1, 0.15) is 0 Å². The highest BCUT2D eigenvalue weighted by molar-refractivity contribution is 7.19. The summed E-state index contributed by atoms with van der Waals surface area (Å²) in [4.78, 5) is 0. The quantitative estimate of drug-likeness (QED) is 0.112. The minimum Gasteiger partial charge on any atom is -0.309 e. The summed E-state index contributed by atoms with van der Waals surface area (Å²) in [6.45, 7) is 0. The number of aromatic nitrogens is 3. The standard InChI is InChI=1S/C74H49N3Si/c1-4-25-51(26-5-1)78(52-27-6-2-7-28-52,53-29-8-3-9-30-53)54-31-21-24-50(47-54)77-66-41-19-15-37-60(66)71-68(77)45-43-62-69-57-34-10-11-35-58(57)72(74(62)71)73-61(69)42-44-67-70(73)59-36-14-18-40-65(59)76(67)49-23-20-22-48(46-49)75-63-38-16-12-32-55(63)56-33-13-17-39-64(56)75/h1-47,69,72H. The highest BCUT2D eigenvalue weighted by Gasteiger charge is 2.45. The molecule has 0 radical (unpaired) electrons. The molecule has 3 aliphatic rings. The fourth-order valence-electron chi connectivity index (χ4n) is 14.8. The molecule has 4 heteroatoms. The molecule has 0 amide bonds. The molecule has 2 unspecified atom stereocenters. The van der Waals surface area contributed by atoms with E-state index < -0.39 is 8.07 Å². The highest BCUT2D eigenvalue weighted by Crippen LogP contribution is 2.60. The van der Waals surface area contributed by atoms with Gasteiger partial charge in [-0.1, -0.05) is 218 Å². The van der Waals surface area contributed by atoms with E-state index in [-0.39, 0.29) is 11.8 Å². The molecule has 0 saturated heterocycles. The lowest BCUT2D eigenvalue weighted by Crippen LogP contribution is -2.74. The van der Waals surface area contributed by atoms with Crippen LogP contribution in [0.4, 0.5) is 0 Å². The van der Waals surface area contributed by atoms with Gasteiger partial charge in [-0.25, -0.2) is 0 Å². The van der Waals surface area contributed by atoms with Crippen molar-refractivity contribution >= 4 is 94.2 Å². The monoisotopic (exact) mass is 1010 g/mol. The van der Waals surface area contributed by atoms with Gasteiger partial charge in [-0.2, -0.15) is 0 Å². The van der Waals surface area contributed by atoms with E-state index >= 15 is 0 Å². The molecule has 0 aliphatic heterocycles. The van der Waals surface area contributed by atoms with Crippen molar-refractivity contribution in [2.75, 3.05) is 0 Å². The van der Waals surface area contributed by atoms with E-state index in [0.717, 1.165) is 11.4 Å². The average Bonchev–Trinajstić information content (AvgIpc) is 3.53. The molecule has 0 saturated carbocycles. The summed E-state index contributed by atoms with van der Waals surface area (Å²) in [5.41, 5.74) is 19.3. The zero-order chi connectivity index (χ0) is 51.1. The Kier molecular flexibility index (Phi) is 9.27. The Balaban J connectivity index is 0.904. The molecule has 15 aromatic rings. The molecule has 3 heterocycles. The maximum atomic E-state index is 2.57. The van der Waals surface area contributed by atoms with Crippen LogP contribution in [0.3, 0.4) is 0 Å². The summed E-state index contributed by atoms with van der Waals surface area (Å²) >= 11 is 0. The second-order valence-corrected chi connectivity index (χ2v) is 25.2. The van der Waals surface area contributed by atoms with Gasteiger partial charge < -0.3 is 13.7 Å². The molecular weight excluding hydrogens is 959 g/mol. The van der Waals surface area contributed by atoms with Crippen molar-refractivity contribution in [1.29, 1.82) is 0 Å². The lowest BCUT2D eigenvalue weighted by molar-refractivity contribution is 0.768. The topological polar surface area (TPSA) is 14.8 Å². The molecule has 2 atom stereocenters. The number of nitrogens with zero attached hydrogens (tertiary/aromatic N) is 3. The number of benzene rings is 12. The molecule has 3 nitrogen and oxygen atoms in total. The van der Waals surface area contributed by atoms with E-state index in [9.17, 15) is 0 Å². The van der Waals surface area contributed by atoms with Gasteiger partial charge in [-0.05, 0) is 121 Å². The summed E-state index contributed by atoms with van der Waals surface area (Å²) in [6.07, 6.45) is 0. The van der Waals surface area contributed by atoms with E-state index in [4.69, 9.17) is 0 Å². The van der Waals surface area contributed by atoms with E-state index in [0.29, 0.717) is 0 Å². The SMILES string of the molecule is c1ccc([Si](c2ccccc2)(c2ccccc2)c2cccc(-n3c4ccccc4c4c5c(ccc43)C3c4ccccc4C5c4c3ccc3c4c4ccccc4n3-c3cccc(-n4c5ccccc5c5ccccc54)c3)c2)cc1. The summed E-state index contributed by atoms with van der Waals surface area (Å²) in [5.74, 6) is 0.0945. The highest BCUT2D eigenvalue weighted by atomic mass is 28.3. The Morgan fingerprint density at radius 1 is 0.231 bits per heavy atom. The van der Waals surface area contributed by atoms with Crippen LogP contribution in [0.2, 0.25) is 0 Å².